The SMILES string of the molecule is O=C(COc1ccc(Br)cc1Cl)NCc1ccc(CN2CCCCC2)cc1. The smallest absolute Gasteiger partial charge is 0.258 e. The highest BCUT2D eigenvalue weighted by atomic mass is 79.9. The zero-order chi connectivity index (χ0) is 19.1. The van der Waals surface area contributed by atoms with Gasteiger partial charge in [0.2, 0.25) is 0 Å². The second kappa shape index (κ2) is 10.1. The van der Waals surface area contributed by atoms with Crippen molar-refractivity contribution in [2.45, 2.75) is 32.4 Å². The van der Waals surface area contributed by atoms with Crippen molar-refractivity contribution in [1.29, 1.82) is 0 Å². The Morgan fingerprint density at radius 3 is 2.48 bits per heavy atom. The Kier molecular flexibility index (Phi) is 7.56. The van der Waals surface area contributed by atoms with Crippen molar-refractivity contribution in [1.82, 2.24) is 10.2 Å². The van der Waals surface area contributed by atoms with Crippen LogP contribution >= 0.6 is 27.5 Å². The summed E-state index contributed by atoms with van der Waals surface area (Å²) in [5.41, 5.74) is 2.40. The van der Waals surface area contributed by atoms with Crippen LogP contribution in [0.25, 0.3) is 0 Å². The standard InChI is InChI=1S/C21H24BrClN2O2/c22-18-8-9-20(19(23)12-18)27-15-21(26)24-13-16-4-6-17(7-5-16)14-25-10-2-1-3-11-25/h4-9,12H,1-3,10-11,13-15H2,(H,24,26). The lowest BCUT2D eigenvalue weighted by Gasteiger charge is -2.26. The molecular formula is C21H24BrClN2O2. The van der Waals surface area contributed by atoms with Crippen LogP contribution in [0.2, 0.25) is 5.02 Å². The van der Waals surface area contributed by atoms with Gasteiger partial charge in [-0.25, -0.2) is 0 Å². The van der Waals surface area contributed by atoms with Crippen LogP contribution in [0, 0.1) is 0 Å². The van der Waals surface area contributed by atoms with Crippen LogP contribution in [0.1, 0.15) is 30.4 Å². The number of ether oxygens (including phenoxy) is 1. The number of benzene rings is 2. The summed E-state index contributed by atoms with van der Waals surface area (Å²) in [6.07, 6.45) is 3.96. The van der Waals surface area contributed by atoms with E-state index < -0.39 is 0 Å². The van der Waals surface area contributed by atoms with Crippen molar-refractivity contribution in [2.75, 3.05) is 19.7 Å². The minimum Gasteiger partial charge on any atom is -0.482 e. The minimum atomic E-state index is -0.175. The Morgan fingerprint density at radius 2 is 1.78 bits per heavy atom. The van der Waals surface area contributed by atoms with Crippen LogP contribution in [0.5, 0.6) is 5.75 Å². The van der Waals surface area contributed by atoms with E-state index in [4.69, 9.17) is 16.3 Å². The second-order valence-electron chi connectivity index (χ2n) is 6.79. The van der Waals surface area contributed by atoms with Crippen LogP contribution in [0.4, 0.5) is 0 Å². The molecule has 1 heterocycles. The van der Waals surface area contributed by atoms with Gasteiger partial charge < -0.3 is 10.1 Å². The predicted molar refractivity (Wildman–Crippen MR) is 112 cm³/mol. The fourth-order valence-corrected chi connectivity index (χ4v) is 3.85. The van der Waals surface area contributed by atoms with Gasteiger partial charge >= 0.3 is 0 Å². The maximum absolute atomic E-state index is 12.0. The van der Waals surface area contributed by atoms with Crippen LogP contribution in [0.3, 0.4) is 0 Å². The Hall–Kier alpha value is -1.56. The van der Waals surface area contributed by atoms with Crippen molar-refractivity contribution >= 4 is 33.4 Å². The van der Waals surface area contributed by atoms with E-state index in [2.05, 4.69) is 50.4 Å². The lowest BCUT2D eigenvalue weighted by molar-refractivity contribution is -0.123. The number of hydrogen-bond donors (Lipinski definition) is 1. The molecule has 0 aliphatic carbocycles. The fraction of sp³-hybridized carbons (Fsp3) is 0.381. The van der Waals surface area contributed by atoms with Gasteiger partial charge in [-0.1, -0.05) is 58.2 Å². The van der Waals surface area contributed by atoms with Gasteiger partial charge in [-0.15, -0.1) is 0 Å². The molecule has 2 aromatic rings. The zero-order valence-corrected chi connectivity index (χ0v) is 17.6. The number of nitrogens with zero attached hydrogens (tertiary/aromatic N) is 1. The van der Waals surface area contributed by atoms with Gasteiger partial charge in [0, 0.05) is 17.6 Å². The first-order valence-electron chi connectivity index (χ1n) is 9.25. The number of piperidine rings is 1. The van der Waals surface area contributed by atoms with Crippen molar-refractivity contribution in [3.63, 3.8) is 0 Å². The highest BCUT2D eigenvalue weighted by molar-refractivity contribution is 9.10. The zero-order valence-electron chi connectivity index (χ0n) is 15.2. The van der Waals surface area contributed by atoms with E-state index >= 15 is 0 Å². The molecule has 1 aliphatic heterocycles. The Bertz CT molecular complexity index is 761. The first-order valence-corrected chi connectivity index (χ1v) is 10.4. The molecule has 1 N–H and O–H groups in total. The van der Waals surface area contributed by atoms with Crippen LogP contribution < -0.4 is 10.1 Å². The van der Waals surface area contributed by atoms with Crippen LogP contribution in [-0.4, -0.2) is 30.5 Å². The number of carbonyl (C=O) groups is 1. The van der Waals surface area contributed by atoms with Gasteiger partial charge in [-0.05, 0) is 55.3 Å². The monoisotopic (exact) mass is 450 g/mol. The third kappa shape index (κ3) is 6.52. The molecule has 1 amide bonds. The molecule has 0 saturated carbocycles. The molecule has 1 aliphatic rings. The van der Waals surface area contributed by atoms with Crippen molar-refractivity contribution < 1.29 is 9.53 Å². The molecule has 0 aromatic heterocycles. The van der Waals surface area contributed by atoms with E-state index in [9.17, 15) is 4.79 Å². The van der Waals surface area contributed by atoms with E-state index in [0.717, 1.165) is 16.6 Å². The van der Waals surface area contributed by atoms with Crippen molar-refractivity contribution in [3.05, 3.63) is 63.1 Å². The molecule has 4 nitrogen and oxygen atoms in total. The van der Waals surface area contributed by atoms with Crippen LogP contribution in [0.15, 0.2) is 46.9 Å². The van der Waals surface area contributed by atoms with E-state index in [-0.39, 0.29) is 12.5 Å². The normalized spacial score (nSPS) is 14.7. The first kappa shape index (κ1) is 20.2. The fourth-order valence-electron chi connectivity index (χ4n) is 3.13. The van der Waals surface area contributed by atoms with Gasteiger partial charge in [-0.3, -0.25) is 9.69 Å². The molecule has 1 fully saturated rings. The van der Waals surface area contributed by atoms with Gasteiger partial charge in [0.25, 0.3) is 5.91 Å². The second-order valence-corrected chi connectivity index (χ2v) is 8.12. The molecule has 0 spiro atoms. The molecule has 0 atom stereocenters. The van der Waals surface area contributed by atoms with Gasteiger partial charge in [0.05, 0.1) is 5.02 Å². The molecule has 3 rings (SSSR count). The molecule has 27 heavy (non-hydrogen) atoms. The summed E-state index contributed by atoms with van der Waals surface area (Å²) >= 11 is 9.42. The number of nitrogens with one attached hydrogen (secondary N) is 1. The third-order valence-corrected chi connectivity index (χ3v) is 5.41. The van der Waals surface area contributed by atoms with Gasteiger partial charge in [0.1, 0.15) is 5.75 Å². The average molecular weight is 452 g/mol. The maximum atomic E-state index is 12.0. The van der Waals surface area contributed by atoms with E-state index in [1.165, 1.54) is 37.9 Å². The summed E-state index contributed by atoms with van der Waals surface area (Å²) in [5.74, 6) is 0.323. The summed E-state index contributed by atoms with van der Waals surface area (Å²) in [7, 11) is 0. The number of likely N-dealkylation sites (tertiary alicyclic amines) is 1. The molecule has 0 bridgehead atoms. The first-order chi connectivity index (χ1) is 13.1. The number of rotatable bonds is 7. The predicted octanol–water partition coefficient (Wildman–Crippen LogP) is 4.78. The highest BCUT2D eigenvalue weighted by Gasteiger charge is 2.10. The molecule has 144 valence electrons. The summed E-state index contributed by atoms with van der Waals surface area (Å²) in [5, 5.41) is 3.35. The largest absolute Gasteiger partial charge is 0.482 e. The Morgan fingerprint density at radius 1 is 1.07 bits per heavy atom. The van der Waals surface area contributed by atoms with E-state index in [0.29, 0.717) is 17.3 Å². The van der Waals surface area contributed by atoms with Gasteiger partial charge in [0.15, 0.2) is 6.61 Å². The summed E-state index contributed by atoms with van der Waals surface area (Å²) in [4.78, 5) is 14.5. The summed E-state index contributed by atoms with van der Waals surface area (Å²) < 4.78 is 6.34. The van der Waals surface area contributed by atoms with Gasteiger partial charge in [-0.2, -0.15) is 0 Å². The van der Waals surface area contributed by atoms with E-state index in [1.807, 2.05) is 6.07 Å². The molecule has 2 aromatic carbocycles. The number of hydrogen-bond acceptors (Lipinski definition) is 3. The molecule has 0 radical (unpaired) electrons. The third-order valence-electron chi connectivity index (χ3n) is 4.62. The van der Waals surface area contributed by atoms with Crippen molar-refractivity contribution in [3.8, 4) is 5.75 Å². The number of carbonyl (C=O) groups excluding carboxylic acids is 1. The lowest BCUT2D eigenvalue weighted by atomic mass is 10.1. The van der Waals surface area contributed by atoms with Crippen molar-refractivity contribution in [2.24, 2.45) is 0 Å². The molecular weight excluding hydrogens is 428 g/mol. The minimum absolute atomic E-state index is 0.0611. The summed E-state index contributed by atoms with van der Waals surface area (Å²) in [6, 6.07) is 13.7. The van der Waals surface area contributed by atoms with Crippen LogP contribution in [-0.2, 0) is 17.9 Å². The molecule has 6 heteroatoms. The average Bonchev–Trinajstić information content (AvgIpc) is 2.67. The quantitative estimate of drug-likeness (QED) is 0.658. The summed E-state index contributed by atoms with van der Waals surface area (Å²) in [6.45, 7) is 3.82. The maximum Gasteiger partial charge on any atom is 0.258 e. The number of amides is 1. The van der Waals surface area contributed by atoms with E-state index in [1.54, 1.807) is 12.1 Å². The topological polar surface area (TPSA) is 41.6 Å². The number of halogens is 2. The highest BCUT2D eigenvalue weighted by Crippen LogP contribution is 2.27. The lowest BCUT2D eigenvalue weighted by Crippen LogP contribution is -2.29. The Labute approximate surface area is 174 Å². The Balaban J connectivity index is 1.41. The molecule has 1 saturated heterocycles. The molecule has 0 unspecified atom stereocenters.